The van der Waals surface area contributed by atoms with Crippen molar-refractivity contribution in [3.05, 3.63) is 144 Å². The lowest BCUT2D eigenvalue weighted by Gasteiger charge is -2.20. The van der Waals surface area contributed by atoms with Gasteiger partial charge in [0.15, 0.2) is 0 Å². The summed E-state index contributed by atoms with van der Waals surface area (Å²) in [7, 11) is 0. The molecule has 0 unspecified atom stereocenters. The topological polar surface area (TPSA) is 198 Å². The van der Waals surface area contributed by atoms with Crippen molar-refractivity contribution in [3.63, 3.8) is 0 Å². The van der Waals surface area contributed by atoms with Gasteiger partial charge in [-0.05, 0) is 96.1 Å². The zero-order valence-electron chi connectivity index (χ0n) is 28.2. The van der Waals surface area contributed by atoms with Crippen molar-refractivity contribution in [2.45, 2.75) is 24.0 Å². The molecule has 54 heavy (non-hydrogen) atoms. The average molecular weight is 735 g/mol. The molecule has 274 valence electrons. The summed E-state index contributed by atoms with van der Waals surface area (Å²) in [5.41, 5.74) is 0.677. The van der Waals surface area contributed by atoms with Gasteiger partial charge in [-0.15, -0.1) is 0 Å². The van der Waals surface area contributed by atoms with Crippen LogP contribution in [0.5, 0.6) is 23.0 Å². The number of carboxylic acids is 2. The van der Waals surface area contributed by atoms with E-state index in [9.17, 15) is 39.0 Å². The van der Waals surface area contributed by atoms with Gasteiger partial charge in [0.05, 0.1) is 47.7 Å². The van der Waals surface area contributed by atoms with Crippen LogP contribution in [0, 0.1) is 0 Å². The summed E-state index contributed by atoms with van der Waals surface area (Å²) in [6, 6.07) is 19.3. The van der Waals surface area contributed by atoms with Crippen LogP contribution in [0.4, 0.5) is 0 Å². The smallest absolute Gasteiger partial charge is 0.343 e. The van der Waals surface area contributed by atoms with E-state index in [1.165, 1.54) is 84.9 Å². The monoisotopic (exact) mass is 734 g/mol. The fourth-order valence-electron chi connectivity index (χ4n) is 6.21. The second-order valence-electron chi connectivity index (χ2n) is 12.0. The number of aromatic carboxylic acids is 2. The second-order valence-corrected chi connectivity index (χ2v) is 12.0. The highest BCUT2D eigenvalue weighted by molar-refractivity contribution is 5.94. The Bertz CT molecular complexity index is 2010. The molecule has 4 aromatic rings. The molecular formula is C40H30O14. The Balaban J connectivity index is 1.20. The van der Waals surface area contributed by atoms with Gasteiger partial charge >= 0.3 is 35.8 Å². The molecule has 6 rings (SSSR count). The summed E-state index contributed by atoms with van der Waals surface area (Å²) in [6.07, 6.45) is 0.562. The number of hydrogen-bond acceptors (Lipinski definition) is 12. The Labute approximate surface area is 306 Å². The zero-order chi connectivity index (χ0) is 38.5. The number of benzene rings is 4. The molecule has 2 aliphatic heterocycles. The molecule has 0 bridgehead atoms. The van der Waals surface area contributed by atoms with Crippen LogP contribution in [0.25, 0.3) is 0 Å². The fraction of sp³-hybridized carbons (Fsp3) is 0.150. The van der Waals surface area contributed by atoms with Gasteiger partial charge in [-0.25, -0.2) is 28.8 Å². The lowest BCUT2D eigenvalue weighted by molar-refractivity contribution is -0.129. The normalized spacial score (nSPS) is 18.4. The van der Waals surface area contributed by atoms with Gasteiger partial charge in [0.25, 0.3) is 0 Å². The first-order valence-corrected chi connectivity index (χ1v) is 16.3. The van der Waals surface area contributed by atoms with E-state index in [-0.39, 0.29) is 69.6 Å². The molecule has 0 aliphatic carbocycles. The molecule has 2 heterocycles. The van der Waals surface area contributed by atoms with Crippen LogP contribution in [0.1, 0.15) is 64.4 Å². The third-order valence-corrected chi connectivity index (χ3v) is 8.73. The third-order valence-electron chi connectivity index (χ3n) is 8.73. The number of ether oxygens (including phenoxy) is 6. The van der Waals surface area contributed by atoms with E-state index in [0.29, 0.717) is 0 Å². The SMILES string of the molecule is C=CC(=O)Oc1ccc(C(=O)Oc2ccc(C(=O)O)c([C@@H]3CO[C@H]4[C@@H]3OC[C@H]4c3cc(OC(=O)c4ccc(OC(=O)C=C)cc4)ccc3C(=O)O)c2)cc1. The lowest BCUT2D eigenvalue weighted by Crippen LogP contribution is -2.26. The summed E-state index contributed by atoms with van der Waals surface area (Å²) in [6.45, 7) is 6.66. The molecule has 0 aromatic heterocycles. The van der Waals surface area contributed by atoms with Gasteiger partial charge in [-0.3, -0.25) is 0 Å². The molecule has 0 spiro atoms. The summed E-state index contributed by atoms with van der Waals surface area (Å²) in [4.78, 5) is 73.4. The van der Waals surface area contributed by atoms with E-state index in [1.54, 1.807) is 0 Å². The molecule has 0 amide bonds. The van der Waals surface area contributed by atoms with Crippen LogP contribution >= 0.6 is 0 Å². The molecule has 2 saturated heterocycles. The van der Waals surface area contributed by atoms with E-state index in [4.69, 9.17) is 28.4 Å². The first kappa shape index (κ1) is 36.9. The van der Waals surface area contributed by atoms with Crippen molar-refractivity contribution in [1.29, 1.82) is 0 Å². The van der Waals surface area contributed by atoms with Crippen molar-refractivity contribution in [2.24, 2.45) is 0 Å². The third kappa shape index (κ3) is 7.94. The van der Waals surface area contributed by atoms with Crippen LogP contribution in [0.3, 0.4) is 0 Å². The quantitative estimate of drug-likeness (QED) is 0.107. The number of carbonyl (C=O) groups excluding carboxylic acids is 4. The summed E-state index contributed by atoms with van der Waals surface area (Å²) < 4.78 is 33.4. The first-order valence-electron chi connectivity index (χ1n) is 16.3. The summed E-state index contributed by atoms with van der Waals surface area (Å²) in [5, 5.41) is 20.1. The predicted molar refractivity (Wildman–Crippen MR) is 186 cm³/mol. The van der Waals surface area contributed by atoms with E-state index in [1.807, 2.05) is 0 Å². The number of esters is 4. The van der Waals surface area contributed by atoms with Gasteiger partial charge < -0.3 is 38.6 Å². The van der Waals surface area contributed by atoms with E-state index in [0.717, 1.165) is 12.2 Å². The highest BCUT2D eigenvalue weighted by atomic mass is 16.6. The number of hydrogen-bond donors (Lipinski definition) is 2. The van der Waals surface area contributed by atoms with Crippen LogP contribution in [0.2, 0.25) is 0 Å². The number of rotatable bonds is 12. The van der Waals surface area contributed by atoms with Crippen LogP contribution in [0.15, 0.2) is 110 Å². The minimum absolute atomic E-state index is 0.00356. The Hall–Kier alpha value is -6.90. The maximum Gasteiger partial charge on any atom is 0.343 e. The molecule has 14 heteroatoms. The highest BCUT2D eigenvalue weighted by Gasteiger charge is 2.50. The van der Waals surface area contributed by atoms with Crippen molar-refractivity contribution < 1.29 is 67.4 Å². The van der Waals surface area contributed by atoms with E-state index >= 15 is 0 Å². The Morgan fingerprint density at radius 1 is 0.537 bits per heavy atom. The lowest BCUT2D eigenvalue weighted by atomic mass is 9.84. The molecular weight excluding hydrogens is 704 g/mol. The molecule has 4 atom stereocenters. The molecule has 14 nitrogen and oxygen atoms in total. The van der Waals surface area contributed by atoms with Crippen molar-refractivity contribution >= 4 is 35.8 Å². The number of carboxylic acid groups (broad SMARTS) is 2. The molecule has 0 radical (unpaired) electrons. The molecule has 0 saturated carbocycles. The highest BCUT2D eigenvalue weighted by Crippen LogP contribution is 2.46. The van der Waals surface area contributed by atoms with Gasteiger partial charge in [-0.2, -0.15) is 0 Å². The zero-order valence-corrected chi connectivity index (χ0v) is 28.2. The maximum absolute atomic E-state index is 12.9. The van der Waals surface area contributed by atoms with Gasteiger partial charge in [-0.1, -0.05) is 13.2 Å². The van der Waals surface area contributed by atoms with Gasteiger partial charge in [0, 0.05) is 24.0 Å². The average Bonchev–Trinajstić information content (AvgIpc) is 3.78. The van der Waals surface area contributed by atoms with E-state index < -0.39 is 59.9 Å². The second kappa shape index (κ2) is 15.8. The predicted octanol–water partition coefficient (Wildman–Crippen LogP) is 5.37. The fourth-order valence-corrected chi connectivity index (χ4v) is 6.21. The summed E-state index contributed by atoms with van der Waals surface area (Å²) >= 11 is 0. The minimum atomic E-state index is -1.24. The Kier molecular flexibility index (Phi) is 10.8. The van der Waals surface area contributed by atoms with Crippen molar-refractivity contribution in [3.8, 4) is 23.0 Å². The standard InChI is InChI=1S/C40H30O14/c1-3-33(41)51-23-9-5-21(6-10-23)39(47)53-25-13-15-27(37(43)44)29(17-25)31-19-49-36-32(20-50-35(31)36)30-18-26(14-16-28(30)38(45)46)54-40(48)22-7-11-24(12-8-22)52-34(42)4-2/h3-18,31-32,35-36H,1-2,19-20H2,(H,43,44)(H,45,46)/t31-,32-,35+,36+/m0/s1. The van der Waals surface area contributed by atoms with Gasteiger partial charge in [0.2, 0.25) is 0 Å². The Morgan fingerprint density at radius 3 is 1.22 bits per heavy atom. The minimum Gasteiger partial charge on any atom is -0.478 e. The maximum atomic E-state index is 12.9. The number of fused-ring (bicyclic) bond motifs is 1. The Morgan fingerprint density at radius 2 is 0.889 bits per heavy atom. The van der Waals surface area contributed by atoms with Crippen LogP contribution in [-0.2, 0) is 19.1 Å². The van der Waals surface area contributed by atoms with Crippen molar-refractivity contribution in [2.75, 3.05) is 13.2 Å². The molecule has 2 aliphatic rings. The molecule has 2 N–H and O–H groups in total. The largest absolute Gasteiger partial charge is 0.478 e. The van der Waals surface area contributed by atoms with Gasteiger partial charge in [0.1, 0.15) is 23.0 Å². The molecule has 2 fully saturated rings. The summed E-state index contributed by atoms with van der Waals surface area (Å²) in [5.74, 6) is -6.12. The number of carbonyl (C=O) groups is 6. The molecule has 4 aromatic carbocycles. The van der Waals surface area contributed by atoms with E-state index in [2.05, 4.69) is 13.2 Å². The van der Waals surface area contributed by atoms with Crippen LogP contribution < -0.4 is 18.9 Å². The first-order chi connectivity index (χ1) is 25.9. The van der Waals surface area contributed by atoms with Crippen molar-refractivity contribution in [1.82, 2.24) is 0 Å². The van der Waals surface area contributed by atoms with Crippen LogP contribution in [-0.4, -0.2) is 71.5 Å².